The first-order valence-electron chi connectivity index (χ1n) is 6.35. The second-order valence-corrected chi connectivity index (χ2v) is 5.28. The lowest BCUT2D eigenvalue weighted by Crippen LogP contribution is -2.30. The summed E-state index contributed by atoms with van der Waals surface area (Å²) in [5.74, 6) is 0.266. The van der Waals surface area contributed by atoms with Gasteiger partial charge < -0.3 is 10.2 Å². The lowest BCUT2D eigenvalue weighted by Gasteiger charge is -2.15. The van der Waals surface area contributed by atoms with Crippen LogP contribution in [0.5, 0.6) is 0 Å². The van der Waals surface area contributed by atoms with E-state index in [0.717, 1.165) is 36.2 Å². The molecule has 2 heterocycles. The molecular weight excluding hydrogens is 294 g/mol. The molecule has 1 aromatic rings. The monoisotopic (exact) mass is 311 g/mol. The van der Waals surface area contributed by atoms with Crippen molar-refractivity contribution in [1.29, 1.82) is 0 Å². The highest BCUT2D eigenvalue weighted by molar-refractivity contribution is 9.10. The molecule has 0 atom stereocenters. The minimum Gasteiger partial charge on any atom is -0.343 e. The molecule has 1 saturated heterocycles. The van der Waals surface area contributed by atoms with Gasteiger partial charge in [0.1, 0.15) is 4.60 Å². The van der Waals surface area contributed by atoms with Gasteiger partial charge >= 0.3 is 0 Å². The molecule has 1 amide bonds. The van der Waals surface area contributed by atoms with Crippen molar-refractivity contribution in [3.8, 4) is 0 Å². The summed E-state index contributed by atoms with van der Waals surface area (Å²) in [4.78, 5) is 18.1. The summed E-state index contributed by atoms with van der Waals surface area (Å²) in [6, 6.07) is 5.84. The molecule has 0 aromatic carbocycles. The van der Waals surface area contributed by atoms with Crippen molar-refractivity contribution in [2.45, 2.75) is 25.8 Å². The molecule has 2 rings (SSSR count). The molecule has 0 aliphatic carbocycles. The smallest absolute Gasteiger partial charge is 0.223 e. The van der Waals surface area contributed by atoms with Crippen molar-refractivity contribution in [3.05, 3.63) is 28.5 Å². The van der Waals surface area contributed by atoms with Crippen molar-refractivity contribution in [3.63, 3.8) is 0 Å². The molecule has 18 heavy (non-hydrogen) atoms. The lowest BCUT2D eigenvalue weighted by molar-refractivity contribution is -0.130. The number of hydrogen-bond acceptors (Lipinski definition) is 3. The molecule has 1 N–H and O–H groups in total. The fourth-order valence-corrected chi connectivity index (χ4v) is 2.47. The number of amides is 1. The van der Waals surface area contributed by atoms with Gasteiger partial charge in [-0.2, -0.15) is 0 Å². The Bertz CT molecular complexity index is 405. The Morgan fingerprint density at radius 3 is 2.89 bits per heavy atom. The molecule has 1 aromatic heterocycles. The van der Waals surface area contributed by atoms with Gasteiger partial charge in [-0.15, -0.1) is 0 Å². The van der Waals surface area contributed by atoms with Gasteiger partial charge in [0, 0.05) is 32.6 Å². The van der Waals surface area contributed by atoms with Crippen LogP contribution in [0.3, 0.4) is 0 Å². The van der Waals surface area contributed by atoms with Crippen molar-refractivity contribution in [2.75, 3.05) is 19.6 Å². The maximum Gasteiger partial charge on any atom is 0.223 e. The highest BCUT2D eigenvalue weighted by Crippen LogP contribution is 2.08. The van der Waals surface area contributed by atoms with Crippen LogP contribution in [-0.4, -0.2) is 35.4 Å². The minimum absolute atomic E-state index is 0.266. The van der Waals surface area contributed by atoms with E-state index in [-0.39, 0.29) is 5.91 Å². The summed E-state index contributed by atoms with van der Waals surface area (Å²) in [5, 5.41) is 3.25. The fraction of sp³-hybridized carbons (Fsp3) is 0.538. The average molecular weight is 312 g/mol. The molecule has 0 radical (unpaired) electrons. The van der Waals surface area contributed by atoms with Gasteiger partial charge in [0.05, 0.1) is 5.69 Å². The quantitative estimate of drug-likeness (QED) is 0.668. The number of pyridine rings is 1. The second-order valence-electron chi connectivity index (χ2n) is 4.47. The molecule has 0 saturated carbocycles. The maximum atomic E-state index is 11.8. The fourth-order valence-electron chi connectivity index (χ4n) is 2.09. The lowest BCUT2D eigenvalue weighted by atomic mass is 10.3. The van der Waals surface area contributed by atoms with Crippen LogP contribution in [0, 0.1) is 0 Å². The van der Waals surface area contributed by atoms with Crippen molar-refractivity contribution in [1.82, 2.24) is 15.2 Å². The normalized spacial score (nSPS) is 15.1. The molecule has 98 valence electrons. The van der Waals surface area contributed by atoms with Crippen molar-refractivity contribution < 1.29 is 4.79 Å². The Balaban J connectivity index is 1.65. The first-order valence-corrected chi connectivity index (χ1v) is 7.15. The maximum absolute atomic E-state index is 11.8. The van der Waals surface area contributed by atoms with Crippen LogP contribution >= 0.6 is 15.9 Å². The number of aromatic nitrogens is 1. The van der Waals surface area contributed by atoms with E-state index in [1.165, 1.54) is 0 Å². The topological polar surface area (TPSA) is 45.2 Å². The SMILES string of the molecule is O=C(CCNCc1cccc(Br)n1)N1CCCC1. The first-order chi connectivity index (χ1) is 8.75. The van der Waals surface area contributed by atoms with Gasteiger partial charge in [0.25, 0.3) is 0 Å². The summed E-state index contributed by atoms with van der Waals surface area (Å²) in [7, 11) is 0. The Hall–Kier alpha value is -0.940. The van der Waals surface area contributed by atoms with Crippen LogP contribution in [0.15, 0.2) is 22.8 Å². The van der Waals surface area contributed by atoms with E-state index in [1.54, 1.807) is 0 Å². The summed E-state index contributed by atoms with van der Waals surface area (Å²) in [5.41, 5.74) is 0.984. The molecule has 0 bridgehead atoms. The van der Waals surface area contributed by atoms with E-state index in [9.17, 15) is 4.79 Å². The van der Waals surface area contributed by atoms with E-state index in [0.29, 0.717) is 19.5 Å². The van der Waals surface area contributed by atoms with Crippen LogP contribution < -0.4 is 5.32 Å². The van der Waals surface area contributed by atoms with Gasteiger partial charge in [-0.25, -0.2) is 4.98 Å². The molecule has 4 nitrogen and oxygen atoms in total. The zero-order chi connectivity index (χ0) is 12.8. The molecule has 0 spiro atoms. The number of hydrogen-bond donors (Lipinski definition) is 1. The molecule has 1 aliphatic heterocycles. The highest BCUT2D eigenvalue weighted by atomic mass is 79.9. The van der Waals surface area contributed by atoms with Crippen LogP contribution in [0.1, 0.15) is 25.0 Å². The number of nitrogens with zero attached hydrogens (tertiary/aromatic N) is 2. The summed E-state index contributed by atoms with van der Waals surface area (Å²) in [6.45, 7) is 3.29. The number of likely N-dealkylation sites (tertiary alicyclic amines) is 1. The molecule has 1 aliphatic rings. The predicted octanol–water partition coefficient (Wildman–Crippen LogP) is 1.95. The Kier molecular flexibility index (Phi) is 5.13. The van der Waals surface area contributed by atoms with Crippen LogP contribution in [0.4, 0.5) is 0 Å². The van der Waals surface area contributed by atoms with E-state index < -0.39 is 0 Å². The molecule has 0 unspecified atom stereocenters. The van der Waals surface area contributed by atoms with E-state index >= 15 is 0 Å². The molecular formula is C13H18BrN3O. The zero-order valence-electron chi connectivity index (χ0n) is 10.4. The average Bonchev–Trinajstić information content (AvgIpc) is 2.88. The van der Waals surface area contributed by atoms with Crippen LogP contribution in [0.25, 0.3) is 0 Å². The predicted molar refractivity (Wildman–Crippen MR) is 74.1 cm³/mol. The first kappa shape index (κ1) is 13.5. The van der Waals surface area contributed by atoms with E-state index in [1.807, 2.05) is 23.1 Å². The summed E-state index contributed by atoms with van der Waals surface area (Å²) >= 11 is 3.34. The van der Waals surface area contributed by atoms with Gasteiger partial charge in [-0.3, -0.25) is 4.79 Å². The third-order valence-electron chi connectivity index (χ3n) is 3.05. The van der Waals surface area contributed by atoms with E-state index in [2.05, 4.69) is 26.2 Å². The highest BCUT2D eigenvalue weighted by Gasteiger charge is 2.16. The number of carbonyl (C=O) groups is 1. The third kappa shape index (κ3) is 4.07. The van der Waals surface area contributed by atoms with Gasteiger partial charge in [-0.05, 0) is 40.9 Å². The standard InChI is InChI=1S/C13H18BrN3O/c14-12-5-3-4-11(16-12)10-15-7-6-13(18)17-8-1-2-9-17/h3-5,15H,1-2,6-10H2. The number of carbonyl (C=O) groups excluding carboxylic acids is 1. The van der Waals surface area contributed by atoms with Gasteiger partial charge in [-0.1, -0.05) is 6.07 Å². The molecule has 5 heteroatoms. The van der Waals surface area contributed by atoms with E-state index in [4.69, 9.17) is 0 Å². The zero-order valence-corrected chi connectivity index (χ0v) is 11.9. The Labute approximate surface area is 116 Å². The largest absolute Gasteiger partial charge is 0.343 e. The van der Waals surface area contributed by atoms with Crippen LogP contribution in [-0.2, 0) is 11.3 Å². The van der Waals surface area contributed by atoms with Crippen molar-refractivity contribution >= 4 is 21.8 Å². The number of nitrogens with one attached hydrogen (secondary N) is 1. The summed E-state index contributed by atoms with van der Waals surface area (Å²) in [6.07, 6.45) is 2.89. The van der Waals surface area contributed by atoms with Crippen LogP contribution in [0.2, 0.25) is 0 Å². The minimum atomic E-state index is 0.266. The number of rotatable bonds is 5. The van der Waals surface area contributed by atoms with Gasteiger partial charge in [0.15, 0.2) is 0 Å². The Morgan fingerprint density at radius 1 is 1.39 bits per heavy atom. The summed E-state index contributed by atoms with van der Waals surface area (Å²) < 4.78 is 0.843. The van der Waals surface area contributed by atoms with Crippen molar-refractivity contribution in [2.24, 2.45) is 0 Å². The Morgan fingerprint density at radius 2 is 2.17 bits per heavy atom. The second kappa shape index (κ2) is 6.85. The third-order valence-corrected chi connectivity index (χ3v) is 3.49. The molecule has 1 fully saturated rings. The van der Waals surface area contributed by atoms with Gasteiger partial charge in [0.2, 0.25) is 5.91 Å². The number of halogens is 1.